The van der Waals surface area contributed by atoms with Crippen LogP contribution in [0.15, 0.2) is 64.9 Å². The van der Waals surface area contributed by atoms with Gasteiger partial charge >= 0.3 is 6.18 Å². The Kier molecular flexibility index (Phi) is 7.09. The molecule has 1 amide bonds. The van der Waals surface area contributed by atoms with Crippen LogP contribution in [0.4, 0.5) is 23.2 Å². The van der Waals surface area contributed by atoms with Crippen LogP contribution in [-0.4, -0.2) is 48.7 Å². The van der Waals surface area contributed by atoms with Gasteiger partial charge in [-0.25, -0.2) is 4.98 Å². The molecule has 1 aliphatic heterocycles. The number of amides is 1. The summed E-state index contributed by atoms with van der Waals surface area (Å²) in [6, 6.07) is 9.17. The number of aliphatic hydroxyl groups excluding tert-OH is 1. The average Bonchev–Trinajstić information content (AvgIpc) is 2.74. The number of anilines is 1. The molecule has 1 fully saturated rings. The molecule has 1 aromatic carbocycles. The Morgan fingerprint density at radius 2 is 1.94 bits per heavy atom. The molecule has 3 rings (SSSR count). The molecule has 2 heterocycles. The van der Waals surface area contributed by atoms with Gasteiger partial charge in [0.05, 0.1) is 31.7 Å². The molecular formula is C23H21F4N3O3. The molecule has 1 saturated heterocycles. The monoisotopic (exact) mass is 463 g/mol. The number of alkyl halides is 3. The Bertz CT molecular complexity index is 1090. The first-order valence-electron chi connectivity index (χ1n) is 9.78. The van der Waals surface area contributed by atoms with Crippen molar-refractivity contribution in [3.8, 4) is 0 Å². The summed E-state index contributed by atoms with van der Waals surface area (Å²) in [5.74, 6) is -1.02. The number of allylic oxidation sites excluding steroid dienone is 2. The summed E-state index contributed by atoms with van der Waals surface area (Å²) in [4.78, 5) is 19.4. The number of halogens is 4. The van der Waals surface area contributed by atoms with Crippen LogP contribution in [0, 0.1) is 5.95 Å². The van der Waals surface area contributed by atoms with E-state index in [0.29, 0.717) is 22.4 Å². The second kappa shape index (κ2) is 9.63. The number of aliphatic imine (C=N–C) groups is 1. The Hall–Kier alpha value is -3.37. The van der Waals surface area contributed by atoms with E-state index < -0.39 is 29.8 Å². The van der Waals surface area contributed by atoms with Gasteiger partial charge in [-0.15, -0.1) is 0 Å². The third kappa shape index (κ3) is 5.18. The van der Waals surface area contributed by atoms with E-state index in [1.807, 2.05) is 0 Å². The Morgan fingerprint density at radius 1 is 1.27 bits per heavy atom. The number of benzene rings is 1. The lowest BCUT2D eigenvalue weighted by molar-refractivity contribution is -0.139. The van der Waals surface area contributed by atoms with Gasteiger partial charge in [0.15, 0.2) is 0 Å². The molecule has 0 aliphatic carbocycles. The van der Waals surface area contributed by atoms with E-state index in [1.54, 1.807) is 31.2 Å². The highest BCUT2D eigenvalue weighted by Gasteiger charge is 2.47. The Morgan fingerprint density at radius 3 is 2.39 bits per heavy atom. The molecule has 2 N–H and O–H groups in total. The highest BCUT2D eigenvalue weighted by Crippen LogP contribution is 2.35. The van der Waals surface area contributed by atoms with Crippen LogP contribution < -0.4 is 5.32 Å². The summed E-state index contributed by atoms with van der Waals surface area (Å²) in [5.41, 5.74) is -0.203. The number of ether oxygens (including phenoxy) is 1. The fourth-order valence-electron chi connectivity index (χ4n) is 3.31. The van der Waals surface area contributed by atoms with Crippen LogP contribution in [0.1, 0.15) is 18.1 Å². The van der Waals surface area contributed by atoms with E-state index >= 15 is 0 Å². The Balaban J connectivity index is 1.87. The van der Waals surface area contributed by atoms with Crippen LogP contribution in [0.3, 0.4) is 0 Å². The maximum absolute atomic E-state index is 13.0. The van der Waals surface area contributed by atoms with Gasteiger partial charge < -0.3 is 15.2 Å². The lowest BCUT2D eigenvalue weighted by atomic mass is 9.77. The van der Waals surface area contributed by atoms with Crippen LogP contribution in [0.5, 0.6) is 0 Å². The van der Waals surface area contributed by atoms with Gasteiger partial charge in [-0.05, 0) is 54.1 Å². The minimum absolute atomic E-state index is 0.0331. The number of rotatable bonds is 7. The van der Waals surface area contributed by atoms with Gasteiger partial charge in [-0.3, -0.25) is 9.79 Å². The highest BCUT2D eigenvalue weighted by atomic mass is 19.4. The number of carbonyl (C=O) groups excluding carboxylic acids is 1. The summed E-state index contributed by atoms with van der Waals surface area (Å²) < 4.78 is 57.2. The molecule has 0 radical (unpaired) electrons. The first-order chi connectivity index (χ1) is 15.6. The topological polar surface area (TPSA) is 83.8 Å². The van der Waals surface area contributed by atoms with Crippen molar-refractivity contribution in [2.45, 2.75) is 18.5 Å². The number of aromatic nitrogens is 1. The zero-order chi connectivity index (χ0) is 24.2. The van der Waals surface area contributed by atoms with Crippen molar-refractivity contribution in [3.05, 3.63) is 77.0 Å². The average molecular weight is 463 g/mol. The second-order valence-corrected chi connectivity index (χ2v) is 7.47. The largest absolute Gasteiger partial charge is 0.433 e. The molecule has 1 aromatic heterocycles. The summed E-state index contributed by atoms with van der Waals surface area (Å²) in [6.07, 6.45) is -2.74. The molecule has 2 aromatic rings. The molecule has 1 aliphatic rings. The third-order valence-corrected chi connectivity index (χ3v) is 5.41. The van der Waals surface area contributed by atoms with Gasteiger partial charge in [0, 0.05) is 0 Å². The maximum Gasteiger partial charge on any atom is 0.433 e. The van der Waals surface area contributed by atoms with Crippen molar-refractivity contribution in [2.24, 2.45) is 4.99 Å². The van der Waals surface area contributed by atoms with E-state index in [0.717, 1.165) is 12.1 Å². The maximum atomic E-state index is 13.0. The van der Waals surface area contributed by atoms with Crippen molar-refractivity contribution >= 4 is 23.9 Å². The van der Waals surface area contributed by atoms with E-state index in [1.165, 1.54) is 12.3 Å². The first-order valence-corrected chi connectivity index (χ1v) is 9.78. The fraction of sp³-hybridized carbons (Fsp3) is 0.261. The second-order valence-electron chi connectivity index (χ2n) is 7.47. The van der Waals surface area contributed by atoms with Gasteiger partial charge in [-0.1, -0.05) is 24.3 Å². The van der Waals surface area contributed by atoms with Crippen LogP contribution in [0.25, 0.3) is 5.57 Å². The minimum Gasteiger partial charge on any atom is -0.392 e. The molecule has 174 valence electrons. The smallest absolute Gasteiger partial charge is 0.392 e. The van der Waals surface area contributed by atoms with Gasteiger partial charge in [0.2, 0.25) is 11.9 Å². The number of pyridine rings is 1. The molecule has 0 atom stereocenters. The molecule has 0 bridgehead atoms. The number of carbonyl (C=O) groups is 1. The van der Waals surface area contributed by atoms with Crippen LogP contribution in [-0.2, 0) is 14.9 Å². The summed E-state index contributed by atoms with van der Waals surface area (Å²) >= 11 is 0. The van der Waals surface area contributed by atoms with E-state index in [4.69, 9.17) is 4.74 Å². The zero-order valence-corrected chi connectivity index (χ0v) is 17.6. The molecule has 0 unspecified atom stereocenters. The third-order valence-electron chi connectivity index (χ3n) is 5.41. The number of hydrogen-bond acceptors (Lipinski definition) is 5. The van der Waals surface area contributed by atoms with Crippen LogP contribution >= 0.6 is 0 Å². The molecular weight excluding hydrogens is 442 g/mol. The van der Waals surface area contributed by atoms with Gasteiger partial charge in [-0.2, -0.15) is 17.6 Å². The zero-order valence-electron chi connectivity index (χ0n) is 17.6. The first kappa shape index (κ1) is 24.3. The lowest BCUT2D eigenvalue weighted by Gasteiger charge is -2.40. The summed E-state index contributed by atoms with van der Waals surface area (Å²) in [5, 5.41) is 12.3. The number of nitrogens with zero attached hydrogens (tertiary/aromatic N) is 2. The SMILES string of the molecule is C=N/C(=C\C(CO)=C(/C)c1ccc(C2(C(=O)Nc3ccc(F)nc3)COC2)cc1)C(F)(F)F. The number of hydrogen-bond donors (Lipinski definition) is 2. The van der Waals surface area contributed by atoms with Crippen molar-refractivity contribution in [2.75, 3.05) is 25.1 Å². The predicted molar refractivity (Wildman–Crippen MR) is 115 cm³/mol. The van der Waals surface area contributed by atoms with Gasteiger partial charge in [0.1, 0.15) is 11.1 Å². The van der Waals surface area contributed by atoms with Crippen molar-refractivity contribution in [3.63, 3.8) is 0 Å². The van der Waals surface area contributed by atoms with Gasteiger partial charge in [0.25, 0.3) is 0 Å². The number of nitrogens with one attached hydrogen (secondary N) is 1. The van der Waals surface area contributed by atoms with E-state index in [2.05, 4.69) is 22.0 Å². The Labute approximate surface area is 187 Å². The highest BCUT2D eigenvalue weighted by molar-refractivity contribution is 6.00. The molecule has 0 spiro atoms. The van der Waals surface area contributed by atoms with Crippen LogP contribution in [0.2, 0.25) is 0 Å². The van der Waals surface area contributed by atoms with E-state index in [9.17, 15) is 27.5 Å². The standard InChI is InChI=1S/C23H21F4N3O3/c1-14(16(11-31)9-19(28-2)23(25,26)27)15-3-5-17(6-4-15)22(12-33-13-22)21(32)30-18-7-8-20(24)29-10-18/h3-10,31H,2,11-13H2,1H3,(H,30,32)/b16-14-,19-9-. The molecule has 0 saturated carbocycles. The van der Waals surface area contributed by atoms with Crippen molar-refractivity contribution < 1.29 is 32.2 Å². The lowest BCUT2D eigenvalue weighted by Crippen LogP contribution is -2.55. The summed E-state index contributed by atoms with van der Waals surface area (Å²) in [6.45, 7) is 4.14. The quantitative estimate of drug-likeness (QED) is 0.281. The van der Waals surface area contributed by atoms with Crippen molar-refractivity contribution in [1.29, 1.82) is 0 Å². The molecule has 33 heavy (non-hydrogen) atoms. The fourth-order valence-corrected chi connectivity index (χ4v) is 3.31. The molecule has 6 nitrogen and oxygen atoms in total. The minimum atomic E-state index is -4.70. The predicted octanol–water partition coefficient (Wildman–Crippen LogP) is 4.04. The number of aliphatic hydroxyl groups is 1. The molecule has 10 heteroatoms. The van der Waals surface area contributed by atoms with Crippen molar-refractivity contribution in [1.82, 2.24) is 4.98 Å². The normalized spacial score (nSPS) is 16.5. The summed E-state index contributed by atoms with van der Waals surface area (Å²) in [7, 11) is 0. The van der Waals surface area contributed by atoms with E-state index in [-0.39, 0.29) is 24.7 Å².